The molecule has 1 aliphatic rings. The fraction of sp³-hybridized carbons (Fsp3) is 0.111. The van der Waals surface area contributed by atoms with Crippen molar-refractivity contribution in [3.05, 3.63) is 118 Å². The number of ketones is 1. The number of anilines is 1. The van der Waals surface area contributed by atoms with Crippen molar-refractivity contribution < 1.29 is 19.6 Å². The number of nitrogens with zero attached hydrogens (tertiary/aromatic N) is 2. The molecule has 0 aliphatic carbocycles. The lowest BCUT2D eigenvalue weighted by atomic mass is 9.88. The third-order valence-electron chi connectivity index (χ3n) is 6.19. The molecule has 7 heteroatoms. The number of nitro groups is 1. The van der Waals surface area contributed by atoms with Gasteiger partial charge < -0.3 is 10.0 Å². The van der Waals surface area contributed by atoms with Crippen molar-refractivity contribution in [1.82, 2.24) is 0 Å². The van der Waals surface area contributed by atoms with Gasteiger partial charge in [-0.15, -0.1) is 0 Å². The molecule has 1 N–H and O–H groups in total. The lowest BCUT2D eigenvalue weighted by molar-refractivity contribution is -0.384. The minimum absolute atomic E-state index is 0.0703. The number of para-hydroxylation sites is 1. The highest BCUT2D eigenvalue weighted by Crippen LogP contribution is 2.43. The quantitative estimate of drug-likeness (QED) is 0.258. The van der Waals surface area contributed by atoms with Crippen LogP contribution in [-0.2, 0) is 16.9 Å². The van der Waals surface area contributed by atoms with Gasteiger partial charge in [-0.3, -0.25) is 19.7 Å². The van der Waals surface area contributed by atoms with Gasteiger partial charge in [0.05, 0.1) is 23.6 Å². The number of amides is 1. The first kappa shape index (κ1) is 21.5. The van der Waals surface area contributed by atoms with Crippen LogP contribution in [0.3, 0.4) is 0 Å². The van der Waals surface area contributed by atoms with E-state index in [4.69, 9.17) is 0 Å². The lowest BCUT2D eigenvalue weighted by Crippen LogP contribution is -2.41. The fourth-order valence-corrected chi connectivity index (χ4v) is 4.48. The van der Waals surface area contributed by atoms with Crippen LogP contribution >= 0.6 is 0 Å². The Labute approximate surface area is 195 Å². The molecule has 1 unspecified atom stereocenters. The molecule has 7 nitrogen and oxygen atoms in total. The predicted octanol–water partition coefficient (Wildman–Crippen LogP) is 4.76. The topological polar surface area (TPSA) is 101 Å². The zero-order chi connectivity index (χ0) is 23.9. The average Bonchev–Trinajstić information content (AvgIpc) is 3.06. The van der Waals surface area contributed by atoms with Crippen LogP contribution in [0.2, 0.25) is 0 Å². The smallest absolute Gasteiger partial charge is 0.270 e. The van der Waals surface area contributed by atoms with Crippen LogP contribution in [0.5, 0.6) is 0 Å². The van der Waals surface area contributed by atoms with E-state index in [1.807, 2.05) is 42.5 Å². The highest BCUT2D eigenvalue weighted by Gasteiger charge is 2.50. The maximum absolute atomic E-state index is 13.5. The normalized spacial score (nSPS) is 17.1. The van der Waals surface area contributed by atoms with Gasteiger partial charge in [0.2, 0.25) is 0 Å². The second-order valence-electron chi connectivity index (χ2n) is 8.36. The summed E-state index contributed by atoms with van der Waals surface area (Å²) >= 11 is 0. The summed E-state index contributed by atoms with van der Waals surface area (Å²) in [6, 6.07) is 26.0. The van der Waals surface area contributed by atoms with E-state index < -0.39 is 28.6 Å². The van der Waals surface area contributed by atoms with Gasteiger partial charge in [0.15, 0.2) is 11.4 Å². The van der Waals surface area contributed by atoms with Gasteiger partial charge in [-0.2, -0.15) is 0 Å². The van der Waals surface area contributed by atoms with Crippen LogP contribution < -0.4 is 4.90 Å². The molecule has 1 atom stereocenters. The van der Waals surface area contributed by atoms with Gasteiger partial charge in [-0.1, -0.05) is 66.7 Å². The minimum Gasteiger partial charge on any atom is -0.375 e. The van der Waals surface area contributed by atoms with E-state index in [0.717, 1.165) is 22.4 Å². The van der Waals surface area contributed by atoms with Crippen LogP contribution in [0.25, 0.3) is 10.8 Å². The number of non-ortho nitro benzene ring substituents is 1. The molecule has 4 aromatic rings. The van der Waals surface area contributed by atoms with E-state index in [0.29, 0.717) is 11.3 Å². The van der Waals surface area contributed by atoms with Crippen LogP contribution in [0.1, 0.15) is 27.9 Å². The number of benzene rings is 4. The molecule has 0 radical (unpaired) electrons. The molecule has 1 aliphatic heterocycles. The molecule has 0 saturated heterocycles. The maximum Gasteiger partial charge on any atom is 0.270 e. The number of aliphatic hydroxyl groups is 1. The van der Waals surface area contributed by atoms with E-state index in [1.54, 1.807) is 24.3 Å². The molecule has 5 rings (SSSR count). The lowest BCUT2D eigenvalue weighted by Gasteiger charge is -2.23. The molecule has 0 aromatic heterocycles. The Morgan fingerprint density at radius 1 is 0.912 bits per heavy atom. The van der Waals surface area contributed by atoms with Gasteiger partial charge in [0.1, 0.15) is 0 Å². The highest BCUT2D eigenvalue weighted by molar-refractivity contribution is 6.10. The summed E-state index contributed by atoms with van der Waals surface area (Å²) in [4.78, 5) is 38.5. The second kappa shape index (κ2) is 8.20. The number of Topliss-reactive ketones (excluding diaryl/α,β-unsaturated/α-hetero) is 1. The Balaban J connectivity index is 1.47. The van der Waals surface area contributed by atoms with Gasteiger partial charge in [-0.25, -0.2) is 0 Å². The maximum atomic E-state index is 13.5. The van der Waals surface area contributed by atoms with Crippen molar-refractivity contribution in [3.63, 3.8) is 0 Å². The van der Waals surface area contributed by atoms with Crippen molar-refractivity contribution in [2.24, 2.45) is 0 Å². The molecule has 4 aromatic carbocycles. The summed E-state index contributed by atoms with van der Waals surface area (Å²) < 4.78 is 0. The van der Waals surface area contributed by atoms with Gasteiger partial charge in [-0.05, 0) is 28.5 Å². The summed E-state index contributed by atoms with van der Waals surface area (Å²) in [6.07, 6.45) is -0.516. The molecule has 168 valence electrons. The fourth-order valence-electron chi connectivity index (χ4n) is 4.48. The monoisotopic (exact) mass is 452 g/mol. The van der Waals surface area contributed by atoms with Crippen molar-refractivity contribution in [1.29, 1.82) is 0 Å². The van der Waals surface area contributed by atoms with Crippen LogP contribution in [-0.4, -0.2) is 21.7 Å². The van der Waals surface area contributed by atoms with E-state index in [1.165, 1.54) is 23.1 Å². The second-order valence-corrected chi connectivity index (χ2v) is 8.36. The van der Waals surface area contributed by atoms with E-state index in [-0.39, 0.29) is 17.8 Å². The van der Waals surface area contributed by atoms with Crippen molar-refractivity contribution in [3.8, 4) is 0 Å². The number of rotatable bonds is 6. The molecular weight excluding hydrogens is 432 g/mol. The van der Waals surface area contributed by atoms with Gasteiger partial charge in [0, 0.05) is 23.3 Å². The van der Waals surface area contributed by atoms with Gasteiger partial charge >= 0.3 is 0 Å². The Morgan fingerprint density at radius 2 is 1.65 bits per heavy atom. The first-order valence-corrected chi connectivity index (χ1v) is 10.8. The zero-order valence-electron chi connectivity index (χ0n) is 18.0. The Morgan fingerprint density at radius 3 is 2.44 bits per heavy atom. The standard InChI is InChI=1S/C27H20N2O5/c30-25(21-8-5-9-22(15-21)29(33)34)16-27(32)23-10-3-4-11-24(23)28(26(27)31)17-18-12-13-19-6-1-2-7-20(19)14-18/h1-15,32H,16-17H2. The van der Waals surface area contributed by atoms with Gasteiger partial charge in [0.25, 0.3) is 11.6 Å². The first-order chi connectivity index (χ1) is 16.4. The summed E-state index contributed by atoms with van der Waals surface area (Å²) in [7, 11) is 0. The molecular formula is C27H20N2O5. The van der Waals surface area contributed by atoms with Crippen LogP contribution in [0.15, 0.2) is 91.0 Å². The zero-order valence-corrected chi connectivity index (χ0v) is 18.0. The summed E-state index contributed by atoms with van der Waals surface area (Å²) in [5, 5.41) is 24.7. The summed E-state index contributed by atoms with van der Waals surface area (Å²) in [5.41, 5.74) is -0.449. The Hall–Kier alpha value is -4.36. The SMILES string of the molecule is O=C(CC1(O)C(=O)N(Cc2ccc3ccccc3c2)c2ccccc21)c1cccc([N+](=O)[O-])c1. The largest absolute Gasteiger partial charge is 0.375 e. The Kier molecular flexibility index (Phi) is 5.18. The molecule has 0 spiro atoms. The van der Waals surface area contributed by atoms with E-state index in [2.05, 4.69) is 0 Å². The number of hydrogen-bond acceptors (Lipinski definition) is 5. The number of hydrogen-bond donors (Lipinski definition) is 1. The molecule has 0 bridgehead atoms. The predicted molar refractivity (Wildman–Crippen MR) is 128 cm³/mol. The number of fused-ring (bicyclic) bond motifs is 2. The summed E-state index contributed by atoms with van der Waals surface area (Å²) in [6.45, 7) is 0.230. The van der Waals surface area contributed by atoms with E-state index in [9.17, 15) is 24.8 Å². The van der Waals surface area contributed by atoms with Crippen molar-refractivity contribution in [2.45, 2.75) is 18.6 Å². The Bertz CT molecular complexity index is 1460. The molecule has 0 fully saturated rings. The van der Waals surface area contributed by atoms with Crippen molar-refractivity contribution in [2.75, 3.05) is 4.90 Å². The third-order valence-corrected chi connectivity index (χ3v) is 6.19. The van der Waals surface area contributed by atoms with Crippen LogP contribution in [0.4, 0.5) is 11.4 Å². The molecule has 1 amide bonds. The van der Waals surface area contributed by atoms with Crippen LogP contribution in [0, 0.1) is 10.1 Å². The summed E-state index contributed by atoms with van der Waals surface area (Å²) in [5.74, 6) is -1.15. The number of carbonyl (C=O) groups is 2. The van der Waals surface area contributed by atoms with Crippen molar-refractivity contribution >= 4 is 33.8 Å². The average molecular weight is 452 g/mol. The highest BCUT2D eigenvalue weighted by atomic mass is 16.6. The number of nitro benzene ring substituents is 1. The molecule has 0 saturated carbocycles. The third kappa shape index (κ3) is 3.62. The number of carbonyl (C=O) groups excluding carboxylic acids is 2. The molecule has 34 heavy (non-hydrogen) atoms. The first-order valence-electron chi connectivity index (χ1n) is 10.8. The minimum atomic E-state index is -2.06. The van der Waals surface area contributed by atoms with E-state index >= 15 is 0 Å². The molecule has 1 heterocycles.